The van der Waals surface area contributed by atoms with Gasteiger partial charge in [0.05, 0.1) is 0 Å². The Bertz CT molecular complexity index is 301. The summed E-state index contributed by atoms with van der Waals surface area (Å²) in [5.41, 5.74) is 9.35. The number of aryl methyl sites for hydroxylation is 1. The number of benzene rings is 1. The molecule has 2 rings (SSSR count). The van der Waals surface area contributed by atoms with E-state index in [4.69, 9.17) is 5.73 Å². The average Bonchev–Trinajstić information content (AvgIpc) is 2.62. The molecule has 2 nitrogen and oxygen atoms in total. The minimum absolute atomic E-state index is 0.669. The molecule has 1 atom stereocenters. The van der Waals surface area contributed by atoms with E-state index in [-0.39, 0.29) is 0 Å². The average molecular weight is 176 g/mol. The van der Waals surface area contributed by atoms with Gasteiger partial charge in [-0.3, -0.25) is 0 Å². The molecule has 0 saturated carbocycles. The molecule has 3 N–H and O–H groups in total. The highest BCUT2D eigenvalue weighted by molar-refractivity contribution is 5.49. The lowest BCUT2D eigenvalue weighted by molar-refractivity contribution is 0.763. The largest absolute Gasteiger partial charge is 0.399 e. The summed E-state index contributed by atoms with van der Waals surface area (Å²) >= 11 is 0. The van der Waals surface area contributed by atoms with Gasteiger partial charge in [0.15, 0.2) is 0 Å². The predicted octanol–water partition coefficient (Wildman–Crippen LogP) is 1.65. The van der Waals surface area contributed by atoms with Crippen LogP contribution in [0.2, 0.25) is 0 Å². The quantitative estimate of drug-likeness (QED) is 0.638. The van der Waals surface area contributed by atoms with Gasteiger partial charge in [0.1, 0.15) is 0 Å². The first-order chi connectivity index (χ1) is 6.27. The van der Waals surface area contributed by atoms with E-state index in [1.165, 1.54) is 17.5 Å². The summed E-state index contributed by atoms with van der Waals surface area (Å²) in [5.74, 6) is 0.669. The van der Waals surface area contributed by atoms with Crippen LogP contribution < -0.4 is 11.1 Å². The van der Waals surface area contributed by atoms with Crippen LogP contribution in [0, 0.1) is 6.92 Å². The van der Waals surface area contributed by atoms with E-state index >= 15 is 0 Å². The Kier molecular flexibility index (Phi) is 2.23. The van der Waals surface area contributed by atoms with Crippen LogP contribution in [0.25, 0.3) is 0 Å². The van der Waals surface area contributed by atoms with Gasteiger partial charge in [-0.15, -0.1) is 0 Å². The summed E-state index contributed by atoms with van der Waals surface area (Å²) in [5, 5.41) is 3.36. The third-order valence-corrected chi connectivity index (χ3v) is 2.84. The number of nitrogen functional groups attached to an aromatic ring is 1. The number of anilines is 1. The Hall–Kier alpha value is -1.02. The Balaban J connectivity index is 2.25. The minimum atomic E-state index is 0.669. The highest BCUT2D eigenvalue weighted by Crippen LogP contribution is 2.25. The summed E-state index contributed by atoms with van der Waals surface area (Å²) in [4.78, 5) is 0. The van der Waals surface area contributed by atoms with Gasteiger partial charge < -0.3 is 11.1 Å². The minimum Gasteiger partial charge on any atom is -0.399 e. The van der Waals surface area contributed by atoms with Crippen LogP contribution in [-0.2, 0) is 0 Å². The maximum atomic E-state index is 5.87. The van der Waals surface area contributed by atoms with E-state index in [1.54, 1.807) is 0 Å². The molecular formula is C11H16N2. The van der Waals surface area contributed by atoms with Crippen LogP contribution in [0.4, 0.5) is 5.69 Å². The fraction of sp³-hybridized carbons (Fsp3) is 0.455. The van der Waals surface area contributed by atoms with Gasteiger partial charge in [-0.25, -0.2) is 0 Å². The molecule has 1 aromatic rings. The predicted molar refractivity (Wildman–Crippen MR) is 55.8 cm³/mol. The zero-order chi connectivity index (χ0) is 9.26. The van der Waals surface area contributed by atoms with Crippen LogP contribution in [0.5, 0.6) is 0 Å². The van der Waals surface area contributed by atoms with Crippen molar-refractivity contribution in [3.8, 4) is 0 Å². The number of rotatable bonds is 1. The second-order valence-corrected chi connectivity index (χ2v) is 3.81. The number of nitrogens with two attached hydrogens (primary N) is 1. The van der Waals surface area contributed by atoms with Crippen molar-refractivity contribution >= 4 is 5.69 Å². The molecule has 0 aromatic heterocycles. The zero-order valence-electron chi connectivity index (χ0n) is 8.01. The van der Waals surface area contributed by atoms with Crippen LogP contribution in [-0.4, -0.2) is 13.1 Å². The van der Waals surface area contributed by atoms with Crippen molar-refractivity contribution in [2.45, 2.75) is 19.3 Å². The maximum Gasteiger partial charge on any atom is 0.0346 e. The summed E-state index contributed by atoms with van der Waals surface area (Å²) in [6, 6.07) is 6.43. The normalized spacial score (nSPS) is 22.1. The highest BCUT2D eigenvalue weighted by Gasteiger charge is 2.16. The van der Waals surface area contributed by atoms with E-state index in [0.29, 0.717) is 5.92 Å². The second kappa shape index (κ2) is 3.38. The standard InChI is InChI=1S/C11H16N2/c1-8-2-3-9(6-11(8)12)10-4-5-13-7-10/h2-3,6,10,13H,4-5,7,12H2,1H3/t10-/m0/s1. The Labute approximate surface area is 79.1 Å². The van der Waals surface area contributed by atoms with Gasteiger partial charge in [0, 0.05) is 12.2 Å². The van der Waals surface area contributed by atoms with Gasteiger partial charge in [0.25, 0.3) is 0 Å². The topological polar surface area (TPSA) is 38.0 Å². The molecule has 0 spiro atoms. The van der Waals surface area contributed by atoms with E-state index in [9.17, 15) is 0 Å². The monoisotopic (exact) mass is 176 g/mol. The molecule has 1 heterocycles. The number of nitrogens with one attached hydrogen (secondary N) is 1. The molecule has 0 aliphatic carbocycles. The Morgan fingerprint density at radius 2 is 2.31 bits per heavy atom. The second-order valence-electron chi connectivity index (χ2n) is 3.81. The van der Waals surface area contributed by atoms with Crippen molar-refractivity contribution in [3.63, 3.8) is 0 Å². The van der Waals surface area contributed by atoms with E-state index in [0.717, 1.165) is 18.8 Å². The van der Waals surface area contributed by atoms with Gasteiger partial charge in [-0.1, -0.05) is 12.1 Å². The van der Waals surface area contributed by atoms with Crippen molar-refractivity contribution in [2.24, 2.45) is 0 Å². The number of hydrogen-bond acceptors (Lipinski definition) is 2. The molecule has 1 fully saturated rings. The summed E-state index contributed by atoms with van der Waals surface area (Å²) < 4.78 is 0. The molecular weight excluding hydrogens is 160 g/mol. The lowest BCUT2D eigenvalue weighted by atomic mass is 9.97. The fourth-order valence-electron chi connectivity index (χ4n) is 1.85. The van der Waals surface area contributed by atoms with Crippen LogP contribution in [0.3, 0.4) is 0 Å². The van der Waals surface area contributed by atoms with Gasteiger partial charge in [-0.2, -0.15) is 0 Å². The molecule has 1 aliphatic rings. The van der Waals surface area contributed by atoms with Crippen LogP contribution >= 0.6 is 0 Å². The Morgan fingerprint density at radius 1 is 1.46 bits per heavy atom. The lowest BCUT2D eigenvalue weighted by Gasteiger charge is -2.10. The van der Waals surface area contributed by atoms with Crippen molar-refractivity contribution in [1.82, 2.24) is 5.32 Å². The molecule has 0 radical (unpaired) electrons. The first kappa shape index (κ1) is 8.57. The molecule has 0 amide bonds. The van der Waals surface area contributed by atoms with Gasteiger partial charge in [-0.05, 0) is 43.0 Å². The first-order valence-electron chi connectivity index (χ1n) is 4.84. The van der Waals surface area contributed by atoms with Crippen molar-refractivity contribution in [3.05, 3.63) is 29.3 Å². The Morgan fingerprint density at radius 3 is 2.92 bits per heavy atom. The van der Waals surface area contributed by atoms with Crippen molar-refractivity contribution < 1.29 is 0 Å². The summed E-state index contributed by atoms with van der Waals surface area (Å²) in [7, 11) is 0. The highest BCUT2D eigenvalue weighted by atomic mass is 14.9. The summed E-state index contributed by atoms with van der Waals surface area (Å²) in [6.45, 7) is 4.28. The fourth-order valence-corrected chi connectivity index (χ4v) is 1.85. The van der Waals surface area contributed by atoms with Gasteiger partial charge >= 0.3 is 0 Å². The molecule has 0 unspecified atom stereocenters. The van der Waals surface area contributed by atoms with Crippen molar-refractivity contribution in [1.29, 1.82) is 0 Å². The SMILES string of the molecule is Cc1ccc([C@H]2CCNC2)cc1N. The maximum absolute atomic E-state index is 5.87. The number of hydrogen-bond donors (Lipinski definition) is 2. The lowest BCUT2D eigenvalue weighted by Crippen LogP contribution is -2.08. The van der Waals surface area contributed by atoms with E-state index < -0.39 is 0 Å². The van der Waals surface area contributed by atoms with E-state index in [2.05, 4.69) is 23.5 Å². The van der Waals surface area contributed by atoms with Crippen LogP contribution in [0.1, 0.15) is 23.5 Å². The molecule has 70 valence electrons. The van der Waals surface area contributed by atoms with Gasteiger partial charge in [0.2, 0.25) is 0 Å². The molecule has 2 heteroatoms. The third kappa shape index (κ3) is 1.68. The van der Waals surface area contributed by atoms with Crippen LogP contribution in [0.15, 0.2) is 18.2 Å². The third-order valence-electron chi connectivity index (χ3n) is 2.84. The zero-order valence-corrected chi connectivity index (χ0v) is 8.01. The molecule has 13 heavy (non-hydrogen) atoms. The summed E-state index contributed by atoms with van der Waals surface area (Å²) in [6.07, 6.45) is 1.24. The van der Waals surface area contributed by atoms with Crippen molar-refractivity contribution in [2.75, 3.05) is 18.8 Å². The first-order valence-corrected chi connectivity index (χ1v) is 4.84. The molecule has 1 saturated heterocycles. The molecule has 1 aliphatic heterocycles. The van der Waals surface area contributed by atoms with E-state index in [1.807, 2.05) is 6.92 Å². The molecule has 1 aromatic carbocycles. The smallest absolute Gasteiger partial charge is 0.0346 e. The molecule has 0 bridgehead atoms.